The molecule has 12 rings (SSSR count). The Labute approximate surface area is 325 Å². The fourth-order valence-electron chi connectivity index (χ4n) is 10.1. The molecule has 2 nitrogen and oxygen atoms in total. The van der Waals surface area contributed by atoms with Crippen LogP contribution in [0.15, 0.2) is 206 Å². The Kier molecular flexibility index (Phi) is 6.58. The van der Waals surface area contributed by atoms with E-state index >= 15 is 0 Å². The van der Waals surface area contributed by atoms with E-state index in [9.17, 15) is 0 Å². The van der Waals surface area contributed by atoms with Crippen LogP contribution in [-0.4, -0.2) is 9.61 Å². The van der Waals surface area contributed by atoms with Crippen LogP contribution in [0.1, 0.15) is 22.3 Å². The molecule has 0 bridgehead atoms. The zero-order valence-corrected chi connectivity index (χ0v) is 30.5. The van der Waals surface area contributed by atoms with Gasteiger partial charge in [-0.05, 0) is 72.1 Å². The maximum absolute atomic E-state index is 5.12. The zero-order valence-electron chi connectivity index (χ0n) is 30.5. The highest BCUT2D eigenvalue weighted by Gasteiger charge is 2.51. The number of pyridine rings is 1. The molecule has 1 spiro atoms. The molecule has 0 radical (unpaired) electrons. The van der Waals surface area contributed by atoms with Crippen molar-refractivity contribution in [3.63, 3.8) is 0 Å². The van der Waals surface area contributed by atoms with Gasteiger partial charge in [0.15, 0.2) is 0 Å². The van der Waals surface area contributed by atoms with Crippen molar-refractivity contribution < 1.29 is 0 Å². The molecule has 260 valence electrons. The second-order valence-corrected chi connectivity index (χ2v) is 15.0. The Hall–Kier alpha value is -7.29. The van der Waals surface area contributed by atoms with Crippen molar-refractivity contribution in [3.05, 3.63) is 229 Å². The molecule has 2 aromatic heterocycles. The first-order valence-electron chi connectivity index (χ1n) is 19.4. The van der Waals surface area contributed by atoms with E-state index in [1.54, 1.807) is 0 Å². The third-order valence-corrected chi connectivity index (χ3v) is 12.3. The van der Waals surface area contributed by atoms with Crippen molar-refractivity contribution in [2.75, 3.05) is 0 Å². The van der Waals surface area contributed by atoms with Crippen LogP contribution in [0.5, 0.6) is 0 Å². The third-order valence-electron chi connectivity index (χ3n) is 12.3. The maximum atomic E-state index is 5.12. The Morgan fingerprint density at radius 3 is 1.48 bits per heavy atom. The van der Waals surface area contributed by atoms with E-state index in [1.165, 1.54) is 72.0 Å². The standard InChI is InChI=1S/C54H34N2/c1-3-16-35(17-4-1)45-34-55-56-52(38-18-5-2-6-19-38)50(42-22-7-8-23-43(42)53(45)56)37-32-30-36(31-33-37)39-25-15-29-49-51(39)44-24-11-14-28-48(44)54(49)46-26-12-9-20-40(46)41-21-10-13-27-47(41)54/h1-34H. The maximum Gasteiger partial charge on any atom is 0.0826 e. The van der Waals surface area contributed by atoms with E-state index in [1.807, 2.05) is 6.20 Å². The van der Waals surface area contributed by atoms with Crippen molar-refractivity contribution in [3.8, 4) is 66.9 Å². The lowest BCUT2D eigenvalue weighted by Gasteiger charge is -2.30. The summed E-state index contributed by atoms with van der Waals surface area (Å²) < 4.78 is 2.17. The van der Waals surface area contributed by atoms with Gasteiger partial charge in [-0.15, -0.1) is 0 Å². The van der Waals surface area contributed by atoms with E-state index in [-0.39, 0.29) is 5.41 Å². The van der Waals surface area contributed by atoms with Crippen LogP contribution in [-0.2, 0) is 5.41 Å². The molecule has 0 amide bonds. The number of hydrogen-bond donors (Lipinski definition) is 0. The van der Waals surface area contributed by atoms with E-state index < -0.39 is 0 Å². The van der Waals surface area contributed by atoms with Gasteiger partial charge in [0, 0.05) is 22.1 Å². The van der Waals surface area contributed by atoms with Crippen LogP contribution >= 0.6 is 0 Å². The second-order valence-electron chi connectivity index (χ2n) is 15.0. The summed E-state index contributed by atoms with van der Waals surface area (Å²) in [7, 11) is 0. The number of hydrogen-bond acceptors (Lipinski definition) is 1. The lowest BCUT2D eigenvalue weighted by atomic mass is 9.70. The van der Waals surface area contributed by atoms with Crippen molar-refractivity contribution in [1.82, 2.24) is 9.61 Å². The monoisotopic (exact) mass is 710 g/mol. The predicted molar refractivity (Wildman–Crippen MR) is 231 cm³/mol. The van der Waals surface area contributed by atoms with Crippen molar-refractivity contribution in [1.29, 1.82) is 0 Å². The van der Waals surface area contributed by atoms with Crippen LogP contribution in [0.4, 0.5) is 0 Å². The summed E-state index contributed by atoms with van der Waals surface area (Å²) in [5.74, 6) is 0. The first kappa shape index (κ1) is 31.1. The molecule has 0 N–H and O–H groups in total. The fourth-order valence-corrected chi connectivity index (χ4v) is 10.1. The Balaban J connectivity index is 1.08. The van der Waals surface area contributed by atoms with Crippen molar-refractivity contribution >= 4 is 16.3 Å². The van der Waals surface area contributed by atoms with Gasteiger partial charge in [0.1, 0.15) is 0 Å². The average molecular weight is 711 g/mol. The Bertz CT molecular complexity index is 3130. The molecule has 0 fully saturated rings. The highest BCUT2D eigenvalue weighted by Crippen LogP contribution is 2.64. The van der Waals surface area contributed by atoms with Gasteiger partial charge in [0.05, 0.1) is 22.8 Å². The first-order valence-corrected chi connectivity index (χ1v) is 19.4. The minimum atomic E-state index is -0.365. The van der Waals surface area contributed by atoms with E-state index in [0.29, 0.717) is 0 Å². The molecule has 2 aliphatic carbocycles. The Morgan fingerprint density at radius 1 is 0.321 bits per heavy atom. The lowest BCUT2D eigenvalue weighted by molar-refractivity contribution is 0.794. The Morgan fingerprint density at radius 2 is 0.804 bits per heavy atom. The van der Waals surface area contributed by atoms with Crippen LogP contribution in [0.2, 0.25) is 0 Å². The van der Waals surface area contributed by atoms with Gasteiger partial charge >= 0.3 is 0 Å². The number of fused-ring (bicyclic) bond motifs is 13. The van der Waals surface area contributed by atoms with Gasteiger partial charge in [-0.3, -0.25) is 0 Å². The van der Waals surface area contributed by atoms with Gasteiger partial charge in [0.2, 0.25) is 0 Å². The normalized spacial score (nSPS) is 13.1. The van der Waals surface area contributed by atoms with Crippen molar-refractivity contribution in [2.45, 2.75) is 5.41 Å². The van der Waals surface area contributed by atoms with Crippen LogP contribution in [0.25, 0.3) is 83.2 Å². The molecule has 0 saturated heterocycles. The van der Waals surface area contributed by atoms with E-state index in [0.717, 1.165) is 33.5 Å². The largest absolute Gasteiger partial charge is 0.231 e. The summed E-state index contributed by atoms with van der Waals surface area (Å²) in [6.07, 6.45) is 2.03. The SMILES string of the molecule is c1ccc(-c2cnn3c(-c4ccccc4)c(-c4ccc(-c5cccc6c5-c5ccccc5C65c6ccccc6-c6ccccc65)cc4)c4ccccc4c23)cc1. The highest BCUT2D eigenvalue weighted by atomic mass is 15.2. The van der Waals surface area contributed by atoms with Crippen LogP contribution < -0.4 is 0 Å². The zero-order chi connectivity index (χ0) is 36.8. The quantitative estimate of drug-likeness (QED) is 0.178. The third kappa shape index (κ3) is 4.13. The number of nitrogens with zero attached hydrogens (tertiary/aromatic N) is 2. The average Bonchev–Trinajstić information content (AvgIpc) is 3.94. The molecule has 56 heavy (non-hydrogen) atoms. The molecule has 2 heterocycles. The topological polar surface area (TPSA) is 17.3 Å². The second kappa shape index (κ2) is 11.9. The summed E-state index contributed by atoms with van der Waals surface area (Å²) in [6.45, 7) is 0. The van der Waals surface area contributed by atoms with Gasteiger partial charge < -0.3 is 0 Å². The smallest absolute Gasteiger partial charge is 0.0826 e. The summed E-state index contributed by atoms with van der Waals surface area (Å²) in [6, 6.07) is 73.4. The molecular weight excluding hydrogens is 677 g/mol. The first-order chi connectivity index (χ1) is 27.8. The molecule has 2 heteroatoms. The minimum absolute atomic E-state index is 0.365. The van der Waals surface area contributed by atoms with Gasteiger partial charge in [-0.2, -0.15) is 5.10 Å². The molecule has 8 aromatic carbocycles. The summed E-state index contributed by atoms with van der Waals surface area (Å²) in [5, 5.41) is 7.51. The minimum Gasteiger partial charge on any atom is -0.231 e. The number of aromatic nitrogens is 2. The molecule has 0 unspecified atom stereocenters. The highest BCUT2D eigenvalue weighted by molar-refractivity contribution is 6.13. The van der Waals surface area contributed by atoms with Crippen LogP contribution in [0, 0.1) is 0 Å². The summed E-state index contributed by atoms with van der Waals surface area (Å²) in [4.78, 5) is 0. The molecule has 0 saturated carbocycles. The number of benzene rings is 8. The van der Waals surface area contributed by atoms with Gasteiger partial charge in [-0.1, -0.05) is 200 Å². The molecule has 10 aromatic rings. The van der Waals surface area contributed by atoms with E-state index in [4.69, 9.17) is 5.10 Å². The van der Waals surface area contributed by atoms with Gasteiger partial charge in [0.25, 0.3) is 0 Å². The molecule has 2 aliphatic rings. The lowest BCUT2D eigenvalue weighted by Crippen LogP contribution is -2.25. The van der Waals surface area contributed by atoms with Gasteiger partial charge in [-0.25, -0.2) is 4.52 Å². The van der Waals surface area contributed by atoms with E-state index in [2.05, 4.69) is 205 Å². The summed E-state index contributed by atoms with van der Waals surface area (Å²) in [5.41, 5.74) is 20.8. The summed E-state index contributed by atoms with van der Waals surface area (Å²) >= 11 is 0. The molecule has 0 atom stereocenters. The number of rotatable bonds is 4. The molecular formula is C54H34N2. The fraction of sp³-hybridized carbons (Fsp3) is 0.0185. The van der Waals surface area contributed by atoms with Crippen LogP contribution in [0.3, 0.4) is 0 Å². The van der Waals surface area contributed by atoms with Crippen molar-refractivity contribution in [2.24, 2.45) is 0 Å². The predicted octanol–water partition coefficient (Wildman–Crippen LogP) is 13.5. The molecule has 0 aliphatic heterocycles.